The molecule has 1 heterocycles. The van der Waals surface area contributed by atoms with Crippen LogP contribution < -0.4 is 34.1 Å². The Kier molecular flexibility index (Phi) is 4.81. The molecule has 0 saturated heterocycles. The fourth-order valence-corrected chi connectivity index (χ4v) is 0.985. The Morgan fingerprint density at radius 3 is 2.44 bits per heavy atom. The molecule has 1 aromatic rings. The van der Waals surface area contributed by atoms with E-state index in [-0.39, 0.29) is 29.6 Å². The maximum atomic E-state index is 4.12. The Bertz CT molecular complexity index is 173. The smallest absolute Gasteiger partial charge is 1.00 e. The second-order valence-electron chi connectivity index (χ2n) is 1.62. The summed E-state index contributed by atoms with van der Waals surface area (Å²) >= 11 is 2.83. The van der Waals surface area contributed by atoms with Gasteiger partial charge < -0.3 is 0 Å². The van der Waals surface area contributed by atoms with Crippen LogP contribution in [0.15, 0.2) is 18.2 Å². The molecule has 42 valence electrons. The van der Waals surface area contributed by atoms with Gasteiger partial charge in [0.25, 0.3) is 0 Å². The van der Waals surface area contributed by atoms with Gasteiger partial charge in [-0.05, 0) is 0 Å². The fourth-order valence-electron chi connectivity index (χ4n) is 0.518. The summed E-state index contributed by atoms with van der Waals surface area (Å²) in [5.41, 5.74) is 1.06. The van der Waals surface area contributed by atoms with Crippen LogP contribution in [0, 0.1) is 6.92 Å². The monoisotopic (exact) mass is 195 g/mol. The first-order valence-corrected chi connectivity index (χ1v) is 3.25. The third kappa shape index (κ3) is 3.39. The van der Waals surface area contributed by atoms with E-state index < -0.39 is 0 Å². The van der Waals surface area contributed by atoms with Gasteiger partial charge in [0, 0.05) is 0 Å². The van der Waals surface area contributed by atoms with Gasteiger partial charge in [-0.3, -0.25) is 0 Å². The van der Waals surface area contributed by atoms with Crippen molar-refractivity contribution in [3.8, 4) is 0 Å². The predicted molar refractivity (Wildman–Crippen MR) is 34.4 cm³/mol. The van der Waals surface area contributed by atoms with E-state index in [4.69, 9.17) is 0 Å². The van der Waals surface area contributed by atoms with E-state index in [9.17, 15) is 0 Å². The van der Waals surface area contributed by atoms with Crippen molar-refractivity contribution in [2.24, 2.45) is 0 Å². The Balaban J connectivity index is 0.000000640. The zero-order valence-electron chi connectivity index (χ0n) is 5.59. The molecule has 1 nitrogen and oxygen atoms in total. The number of pyridine rings is 1. The van der Waals surface area contributed by atoms with Gasteiger partial charge in [0.1, 0.15) is 0 Å². The molecule has 0 aliphatic heterocycles. The first kappa shape index (κ1) is 9.67. The molecule has 0 aliphatic rings. The van der Waals surface area contributed by atoms with Crippen molar-refractivity contribution in [1.82, 2.24) is 4.98 Å². The minimum absolute atomic E-state index is 0. The summed E-state index contributed by atoms with van der Waals surface area (Å²) in [7, 11) is 0. The molecule has 0 fully saturated rings. The number of hydrogen-bond acceptors (Lipinski definition) is 1. The average molecular weight is 194 g/mol. The summed E-state index contributed by atoms with van der Waals surface area (Å²) in [5, 5.41) is 0. The molecule has 1 rings (SSSR count). The third-order valence-corrected chi connectivity index (χ3v) is 1.34. The van der Waals surface area contributed by atoms with Gasteiger partial charge in [-0.25, -0.2) is 0 Å². The first-order valence-electron chi connectivity index (χ1n) is 2.40. The normalized spacial score (nSPS) is 8.11. The number of rotatable bonds is 0. The molecule has 0 aromatic carbocycles. The van der Waals surface area contributed by atoms with Crippen molar-refractivity contribution in [2.75, 3.05) is 0 Å². The maximum Gasteiger partial charge on any atom is 1.00 e. The van der Waals surface area contributed by atoms with Gasteiger partial charge in [0.15, 0.2) is 0 Å². The van der Waals surface area contributed by atoms with Gasteiger partial charge in [0.05, 0.1) is 0 Å². The first-order chi connectivity index (χ1) is 3.79. The summed E-state index contributed by atoms with van der Waals surface area (Å²) in [6.07, 6.45) is 0. The van der Waals surface area contributed by atoms with Crippen LogP contribution in [0.1, 0.15) is 5.69 Å². The molecular weight excluding hydrogens is 188 g/mol. The topological polar surface area (TPSA) is 12.9 Å². The molecule has 0 saturated carbocycles. The predicted octanol–water partition coefficient (Wildman–Crippen LogP) is -2.81. The summed E-state index contributed by atoms with van der Waals surface area (Å²) < 4.78 is 0.963. The summed E-state index contributed by atoms with van der Waals surface area (Å²) in [6, 6.07) is 5.89. The van der Waals surface area contributed by atoms with E-state index in [0.717, 1.165) is 10.3 Å². The van der Waals surface area contributed by atoms with Crippen molar-refractivity contribution in [3.05, 3.63) is 23.9 Å². The number of nitrogens with zero attached hydrogens (tertiary/aromatic N) is 1. The molecule has 0 unspecified atom stereocenters. The molecule has 0 radical (unpaired) electrons. The van der Waals surface area contributed by atoms with Gasteiger partial charge in [-0.2, -0.15) is 0 Å². The fraction of sp³-hybridized carbons (Fsp3) is 0.167. The number of hydrogen-bond donors (Lipinski definition) is 0. The molecular formula is C6H6NNaSe. The quantitative estimate of drug-likeness (QED) is 0.406. The van der Waals surface area contributed by atoms with Gasteiger partial charge in [-0.15, -0.1) is 0 Å². The van der Waals surface area contributed by atoms with Crippen LogP contribution in [0.3, 0.4) is 0 Å². The molecule has 0 N–H and O–H groups in total. The Labute approximate surface area is 85.4 Å². The summed E-state index contributed by atoms with van der Waals surface area (Å²) in [6.45, 7) is 1.97. The van der Waals surface area contributed by atoms with Crippen molar-refractivity contribution in [2.45, 2.75) is 6.92 Å². The van der Waals surface area contributed by atoms with Crippen molar-refractivity contribution in [1.29, 1.82) is 0 Å². The molecule has 0 amide bonds. The Hall–Kier alpha value is 0.669. The van der Waals surface area contributed by atoms with Crippen molar-refractivity contribution in [3.63, 3.8) is 0 Å². The van der Waals surface area contributed by atoms with Crippen LogP contribution in [-0.2, 0) is 0 Å². The van der Waals surface area contributed by atoms with Crippen LogP contribution in [0.4, 0.5) is 0 Å². The minimum Gasteiger partial charge on any atom is 1.00 e. The van der Waals surface area contributed by atoms with E-state index in [2.05, 4.69) is 21.0 Å². The molecule has 3 heteroatoms. The van der Waals surface area contributed by atoms with Crippen LogP contribution >= 0.6 is 0 Å². The van der Waals surface area contributed by atoms with Crippen LogP contribution in [0.5, 0.6) is 0 Å². The molecule has 9 heavy (non-hydrogen) atoms. The zero-order valence-corrected chi connectivity index (χ0v) is 9.30. The summed E-state index contributed by atoms with van der Waals surface area (Å²) in [4.78, 5) is 4.12. The second-order valence-corrected chi connectivity index (χ2v) is 2.49. The molecule has 0 aliphatic carbocycles. The van der Waals surface area contributed by atoms with Gasteiger partial charge in [0.2, 0.25) is 0 Å². The molecule has 0 atom stereocenters. The van der Waals surface area contributed by atoms with Gasteiger partial charge >= 0.3 is 86.0 Å². The zero-order chi connectivity index (χ0) is 5.98. The van der Waals surface area contributed by atoms with Crippen LogP contribution in [0.2, 0.25) is 0 Å². The standard InChI is InChI=1S/C6H7NSe.Na/c1-5-3-2-4-6(8)7-5;/h2-4H,1H3,(H,7,8);/q;+1/p-1. The Morgan fingerprint density at radius 1 is 1.44 bits per heavy atom. The maximum absolute atomic E-state index is 4.12. The van der Waals surface area contributed by atoms with Crippen molar-refractivity contribution >= 4 is 20.6 Å². The van der Waals surface area contributed by atoms with E-state index in [0.29, 0.717) is 0 Å². The summed E-state index contributed by atoms with van der Waals surface area (Å²) in [5.74, 6) is 0. The van der Waals surface area contributed by atoms with Crippen molar-refractivity contribution < 1.29 is 29.6 Å². The average Bonchev–Trinajstić information content (AvgIpc) is 1.64. The molecule has 0 bridgehead atoms. The van der Waals surface area contributed by atoms with E-state index in [1.54, 1.807) is 0 Å². The van der Waals surface area contributed by atoms with E-state index in [1.165, 1.54) is 0 Å². The van der Waals surface area contributed by atoms with Crippen LogP contribution in [-0.4, -0.2) is 21.0 Å². The largest absolute Gasteiger partial charge is 1.00 e. The van der Waals surface area contributed by atoms with Crippen LogP contribution in [0.25, 0.3) is 0 Å². The second kappa shape index (κ2) is 4.48. The molecule has 1 aromatic heterocycles. The van der Waals surface area contributed by atoms with Gasteiger partial charge in [-0.1, -0.05) is 0 Å². The number of aryl methyl sites for hydroxylation is 1. The minimum atomic E-state index is 0. The van der Waals surface area contributed by atoms with E-state index >= 15 is 0 Å². The SMILES string of the molecule is Cc1cccc([Se-])n1.[Na+]. The molecule has 0 spiro atoms. The Morgan fingerprint density at radius 2 is 2.11 bits per heavy atom. The van der Waals surface area contributed by atoms with E-state index in [1.807, 2.05) is 25.1 Å². The third-order valence-electron chi connectivity index (χ3n) is 0.863. The number of aromatic nitrogens is 1.